The van der Waals surface area contributed by atoms with Crippen molar-refractivity contribution in [2.24, 2.45) is 0 Å². The van der Waals surface area contributed by atoms with Crippen LogP contribution in [0.4, 0.5) is 0 Å². The van der Waals surface area contributed by atoms with Crippen LogP contribution in [0, 0.1) is 13.8 Å². The number of amides is 1. The van der Waals surface area contributed by atoms with Gasteiger partial charge in [-0.2, -0.15) is 10.1 Å². The number of rotatable bonds is 7. The van der Waals surface area contributed by atoms with Crippen molar-refractivity contribution in [3.63, 3.8) is 0 Å². The Morgan fingerprint density at radius 2 is 2.20 bits per heavy atom. The van der Waals surface area contributed by atoms with Crippen LogP contribution in [0.1, 0.15) is 49.4 Å². The molecule has 8 heteroatoms. The summed E-state index contributed by atoms with van der Waals surface area (Å²) in [7, 11) is 0. The van der Waals surface area contributed by atoms with Crippen LogP contribution in [-0.2, 0) is 22.6 Å². The molecule has 1 aliphatic heterocycles. The lowest BCUT2D eigenvalue weighted by Crippen LogP contribution is -2.55. The third kappa shape index (κ3) is 4.07. The number of aromatic nitrogens is 4. The molecule has 1 saturated heterocycles. The van der Waals surface area contributed by atoms with Crippen LogP contribution >= 0.6 is 0 Å². The Balaban J connectivity index is 1.41. The highest BCUT2D eigenvalue weighted by Gasteiger charge is 2.32. The Morgan fingerprint density at radius 1 is 1.44 bits per heavy atom. The van der Waals surface area contributed by atoms with Gasteiger partial charge in [-0.1, -0.05) is 12.1 Å². The molecule has 3 rings (SSSR count). The molecule has 2 aromatic rings. The summed E-state index contributed by atoms with van der Waals surface area (Å²) in [6, 6.07) is 2.07. The smallest absolute Gasteiger partial charge is 0.252 e. The van der Waals surface area contributed by atoms with Gasteiger partial charge >= 0.3 is 0 Å². The fraction of sp³-hybridized carbons (Fsp3) is 0.647. The van der Waals surface area contributed by atoms with E-state index in [9.17, 15) is 4.79 Å². The minimum atomic E-state index is 0.0323. The van der Waals surface area contributed by atoms with E-state index in [2.05, 4.69) is 15.2 Å². The molecule has 2 aromatic heterocycles. The minimum Gasteiger partial charge on any atom is -0.365 e. The maximum absolute atomic E-state index is 12.4. The summed E-state index contributed by atoms with van der Waals surface area (Å²) >= 11 is 0. The molecule has 0 bridgehead atoms. The predicted molar refractivity (Wildman–Crippen MR) is 89.9 cm³/mol. The van der Waals surface area contributed by atoms with Gasteiger partial charge in [0.15, 0.2) is 5.82 Å². The van der Waals surface area contributed by atoms with Gasteiger partial charge < -0.3 is 14.2 Å². The number of nitrogens with zero attached hydrogens (tertiary/aromatic N) is 5. The minimum absolute atomic E-state index is 0.0323. The van der Waals surface area contributed by atoms with Crippen molar-refractivity contribution >= 4 is 5.91 Å². The Morgan fingerprint density at radius 3 is 2.80 bits per heavy atom. The van der Waals surface area contributed by atoms with Gasteiger partial charge in [0.1, 0.15) is 6.61 Å². The van der Waals surface area contributed by atoms with E-state index in [-0.39, 0.29) is 18.1 Å². The first-order valence-electron chi connectivity index (χ1n) is 8.69. The van der Waals surface area contributed by atoms with Gasteiger partial charge in [0, 0.05) is 31.6 Å². The van der Waals surface area contributed by atoms with E-state index in [1.807, 2.05) is 43.3 Å². The largest absolute Gasteiger partial charge is 0.365 e. The van der Waals surface area contributed by atoms with E-state index < -0.39 is 0 Å². The molecule has 3 heterocycles. The van der Waals surface area contributed by atoms with E-state index in [1.165, 1.54) is 0 Å². The number of likely N-dealkylation sites (tertiary alicyclic amines) is 1. The maximum Gasteiger partial charge on any atom is 0.252 e. The molecule has 1 amide bonds. The lowest BCUT2D eigenvalue weighted by atomic mass is 10.1. The molecular weight excluding hydrogens is 322 g/mol. The Labute approximate surface area is 147 Å². The van der Waals surface area contributed by atoms with Gasteiger partial charge in [-0.3, -0.25) is 9.48 Å². The highest BCUT2D eigenvalue weighted by atomic mass is 16.5. The summed E-state index contributed by atoms with van der Waals surface area (Å²) in [5.74, 6) is 1.30. The van der Waals surface area contributed by atoms with Gasteiger partial charge in [-0.25, -0.2) is 0 Å². The van der Waals surface area contributed by atoms with Crippen LogP contribution in [0.2, 0.25) is 0 Å². The van der Waals surface area contributed by atoms with Crippen molar-refractivity contribution in [1.82, 2.24) is 24.8 Å². The van der Waals surface area contributed by atoms with Crippen LogP contribution < -0.4 is 0 Å². The third-order valence-corrected chi connectivity index (χ3v) is 4.40. The van der Waals surface area contributed by atoms with Gasteiger partial charge in [0.25, 0.3) is 5.89 Å². The van der Waals surface area contributed by atoms with E-state index in [0.29, 0.717) is 37.8 Å². The fourth-order valence-electron chi connectivity index (χ4n) is 2.99. The average molecular weight is 347 g/mol. The molecule has 0 spiro atoms. The number of hydrogen-bond donors (Lipinski definition) is 0. The molecule has 1 fully saturated rings. The molecule has 136 valence electrons. The van der Waals surface area contributed by atoms with Crippen LogP contribution in [0.3, 0.4) is 0 Å². The van der Waals surface area contributed by atoms with Crippen LogP contribution in [0.15, 0.2) is 10.6 Å². The standard InChI is InChI=1S/C17H25N5O3/c1-5-15-18-16(25-20-15)10-24-14-8-21(9-14)17(23)7-13(4)22-12(3)6-11(2)19-22/h6,13-14H,5,7-10H2,1-4H3. The summed E-state index contributed by atoms with van der Waals surface area (Å²) in [6.07, 6.45) is 1.21. The van der Waals surface area contributed by atoms with Crippen LogP contribution in [0.25, 0.3) is 0 Å². The molecule has 25 heavy (non-hydrogen) atoms. The highest BCUT2D eigenvalue weighted by molar-refractivity contribution is 5.77. The SMILES string of the molecule is CCc1noc(COC2CN(C(=O)CC(C)n3nc(C)cc3C)C2)n1. The van der Waals surface area contributed by atoms with Gasteiger partial charge in [-0.15, -0.1) is 0 Å². The zero-order chi connectivity index (χ0) is 18.0. The lowest BCUT2D eigenvalue weighted by Gasteiger charge is -2.39. The zero-order valence-corrected chi connectivity index (χ0v) is 15.2. The molecule has 1 atom stereocenters. The van der Waals surface area contributed by atoms with Gasteiger partial charge in [0.2, 0.25) is 5.91 Å². The molecule has 8 nitrogen and oxygen atoms in total. The van der Waals surface area contributed by atoms with E-state index >= 15 is 0 Å². The first-order valence-corrected chi connectivity index (χ1v) is 8.69. The lowest BCUT2D eigenvalue weighted by molar-refractivity contribution is -0.147. The van der Waals surface area contributed by atoms with Gasteiger partial charge in [-0.05, 0) is 26.8 Å². The number of carbonyl (C=O) groups excluding carboxylic acids is 1. The normalized spacial score (nSPS) is 16.1. The Bertz CT molecular complexity index is 732. The molecule has 1 aliphatic rings. The molecule has 0 N–H and O–H groups in total. The highest BCUT2D eigenvalue weighted by Crippen LogP contribution is 2.20. The molecule has 0 aliphatic carbocycles. The summed E-state index contributed by atoms with van der Waals surface area (Å²) in [4.78, 5) is 18.4. The van der Waals surface area contributed by atoms with Crippen molar-refractivity contribution in [2.75, 3.05) is 13.1 Å². The molecule has 1 unspecified atom stereocenters. The topological polar surface area (TPSA) is 86.3 Å². The fourth-order valence-corrected chi connectivity index (χ4v) is 2.99. The quantitative estimate of drug-likeness (QED) is 0.759. The van der Waals surface area contributed by atoms with Crippen molar-refractivity contribution in [3.05, 3.63) is 29.2 Å². The number of hydrogen-bond acceptors (Lipinski definition) is 6. The predicted octanol–water partition coefficient (Wildman–Crippen LogP) is 1.82. The molecule has 0 radical (unpaired) electrons. The van der Waals surface area contributed by atoms with Gasteiger partial charge in [0.05, 0.1) is 17.8 Å². The Hall–Kier alpha value is -2.22. The summed E-state index contributed by atoms with van der Waals surface area (Å²) in [5, 5.41) is 8.28. The third-order valence-electron chi connectivity index (χ3n) is 4.40. The summed E-state index contributed by atoms with van der Waals surface area (Å²) in [6.45, 7) is 9.47. The molecule has 0 aromatic carbocycles. The molecular formula is C17H25N5O3. The summed E-state index contributed by atoms with van der Waals surface area (Å²) in [5.41, 5.74) is 2.05. The number of ether oxygens (including phenoxy) is 1. The zero-order valence-electron chi connectivity index (χ0n) is 15.2. The average Bonchev–Trinajstić information content (AvgIpc) is 3.11. The van der Waals surface area contributed by atoms with E-state index in [1.54, 1.807) is 0 Å². The van der Waals surface area contributed by atoms with Crippen molar-refractivity contribution in [2.45, 2.75) is 59.3 Å². The second-order valence-corrected chi connectivity index (χ2v) is 6.61. The molecule has 0 saturated carbocycles. The van der Waals surface area contributed by atoms with Crippen molar-refractivity contribution in [1.29, 1.82) is 0 Å². The van der Waals surface area contributed by atoms with Crippen molar-refractivity contribution in [3.8, 4) is 0 Å². The monoisotopic (exact) mass is 347 g/mol. The number of aryl methyl sites for hydroxylation is 3. The van der Waals surface area contributed by atoms with Crippen molar-refractivity contribution < 1.29 is 14.1 Å². The van der Waals surface area contributed by atoms with E-state index in [4.69, 9.17) is 9.26 Å². The van der Waals surface area contributed by atoms with Crippen LogP contribution in [0.5, 0.6) is 0 Å². The summed E-state index contributed by atoms with van der Waals surface area (Å²) < 4.78 is 12.7. The second-order valence-electron chi connectivity index (χ2n) is 6.61. The maximum atomic E-state index is 12.4. The van der Waals surface area contributed by atoms with E-state index in [0.717, 1.165) is 17.8 Å². The number of carbonyl (C=O) groups is 1. The first kappa shape index (κ1) is 17.6. The van der Waals surface area contributed by atoms with Crippen LogP contribution in [-0.4, -0.2) is 49.9 Å². The Kier molecular flexibility index (Phi) is 5.17. The first-order chi connectivity index (χ1) is 12.0. The second kappa shape index (κ2) is 7.35.